The number of nitrogens with zero attached hydrogens (tertiary/aromatic N) is 1. The Balaban J connectivity index is 1.65. The number of hydrogen-bond donors (Lipinski definition) is 1. The predicted molar refractivity (Wildman–Crippen MR) is 91.8 cm³/mol. The number of carbonyl (C=O) groups is 1. The van der Waals surface area contributed by atoms with Crippen molar-refractivity contribution in [3.63, 3.8) is 0 Å². The lowest BCUT2D eigenvalue weighted by atomic mass is 10.0. The number of hydrogen-bond acceptors (Lipinski definition) is 4. The van der Waals surface area contributed by atoms with Crippen LogP contribution in [-0.2, 0) is 4.79 Å². The predicted octanol–water partition coefficient (Wildman–Crippen LogP) is 3.44. The second kappa shape index (κ2) is 7.84. The van der Waals surface area contributed by atoms with Crippen molar-refractivity contribution in [3.05, 3.63) is 89.9 Å². The molecule has 1 heterocycles. The lowest BCUT2D eigenvalue weighted by molar-refractivity contribution is -0.123. The van der Waals surface area contributed by atoms with Gasteiger partial charge in [0.15, 0.2) is 6.61 Å². The molecule has 3 rings (SSSR count). The van der Waals surface area contributed by atoms with Crippen molar-refractivity contribution >= 4 is 5.91 Å². The molecule has 0 saturated heterocycles. The summed E-state index contributed by atoms with van der Waals surface area (Å²) in [5.74, 6) is 0.913. The highest BCUT2D eigenvalue weighted by atomic mass is 16.5. The summed E-state index contributed by atoms with van der Waals surface area (Å²) in [6.45, 7) is -0.129. The van der Waals surface area contributed by atoms with Gasteiger partial charge in [-0.15, -0.1) is 0 Å². The summed E-state index contributed by atoms with van der Waals surface area (Å²) in [6.07, 6.45) is 1.57. The summed E-state index contributed by atoms with van der Waals surface area (Å²) in [5, 5.41) is 11.7. The molecular formula is C20H16N2O3. The van der Waals surface area contributed by atoms with Crippen LogP contribution < -0.4 is 10.1 Å². The Bertz CT molecular complexity index is 850. The van der Waals surface area contributed by atoms with Crippen LogP contribution in [-0.4, -0.2) is 12.5 Å². The van der Waals surface area contributed by atoms with E-state index in [0.717, 1.165) is 5.56 Å². The van der Waals surface area contributed by atoms with E-state index in [1.165, 1.54) is 0 Å². The summed E-state index contributed by atoms with van der Waals surface area (Å²) < 4.78 is 10.9. The van der Waals surface area contributed by atoms with E-state index in [0.29, 0.717) is 17.1 Å². The van der Waals surface area contributed by atoms with E-state index in [2.05, 4.69) is 5.32 Å². The fraction of sp³-hybridized carbons (Fsp3) is 0.100. The van der Waals surface area contributed by atoms with E-state index in [1.807, 2.05) is 42.5 Å². The number of rotatable bonds is 6. The molecule has 5 nitrogen and oxygen atoms in total. The number of ether oxygens (including phenoxy) is 1. The van der Waals surface area contributed by atoms with Crippen LogP contribution in [0.25, 0.3) is 0 Å². The minimum Gasteiger partial charge on any atom is -0.484 e. The summed E-state index contributed by atoms with van der Waals surface area (Å²) in [7, 11) is 0. The molecule has 0 spiro atoms. The lowest BCUT2D eigenvalue weighted by Gasteiger charge is -2.17. The van der Waals surface area contributed by atoms with E-state index in [1.54, 1.807) is 36.6 Å². The molecule has 124 valence electrons. The van der Waals surface area contributed by atoms with Gasteiger partial charge in [0.2, 0.25) is 0 Å². The third kappa shape index (κ3) is 4.27. The molecule has 1 aromatic heterocycles. The van der Waals surface area contributed by atoms with Gasteiger partial charge in [0, 0.05) is 0 Å². The third-order valence-corrected chi connectivity index (χ3v) is 3.62. The average Bonchev–Trinajstić information content (AvgIpc) is 3.20. The zero-order chi connectivity index (χ0) is 17.5. The Morgan fingerprint density at radius 2 is 1.84 bits per heavy atom. The van der Waals surface area contributed by atoms with Crippen LogP contribution in [0.1, 0.15) is 22.9 Å². The first-order valence-corrected chi connectivity index (χ1v) is 7.77. The summed E-state index contributed by atoms with van der Waals surface area (Å²) in [5.41, 5.74) is 1.46. The van der Waals surface area contributed by atoms with Crippen LogP contribution in [0.15, 0.2) is 77.4 Å². The minimum atomic E-state index is -0.381. The molecule has 5 heteroatoms. The molecule has 1 amide bonds. The van der Waals surface area contributed by atoms with E-state index >= 15 is 0 Å². The first-order valence-electron chi connectivity index (χ1n) is 7.77. The van der Waals surface area contributed by atoms with Crippen LogP contribution in [0.3, 0.4) is 0 Å². The topological polar surface area (TPSA) is 75.3 Å². The highest BCUT2D eigenvalue weighted by molar-refractivity contribution is 5.78. The fourth-order valence-corrected chi connectivity index (χ4v) is 2.40. The van der Waals surface area contributed by atoms with Crippen molar-refractivity contribution in [2.24, 2.45) is 0 Å². The quantitative estimate of drug-likeness (QED) is 0.750. The molecular weight excluding hydrogens is 316 g/mol. The van der Waals surface area contributed by atoms with Crippen LogP contribution in [0.2, 0.25) is 0 Å². The normalized spacial score (nSPS) is 11.3. The van der Waals surface area contributed by atoms with Crippen molar-refractivity contribution in [1.29, 1.82) is 5.26 Å². The minimum absolute atomic E-state index is 0.129. The average molecular weight is 332 g/mol. The van der Waals surface area contributed by atoms with Gasteiger partial charge in [0.25, 0.3) is 5.91 Å². The molecule has 3 aromatic rings. The Morgan fingerprint density at radius 3 is 2.48 bits per heavy atom. The smallest absolute Gasteiger partial charge is 0.258 e. The van der Waals surface area contributed by atoms with Gasteiger partial charge in [-0.1, -0.05) is 30.3 Å². The van der Waals surface area contributed by atoms with E-state index in [9.17, 15) is 4.79 Å². The molecule has 1 atom stereocenters. The first kappa shape index (κ1) is 16.3. The zero-order valence-corrected chi connectivity index (χ0v) is 13.4. The van der Waals surface area contributed by atoms with Gasteiger partial charge in [-0.3, -0.25) is 4.79 Å². The maximum absolute atomic E-state index is 12.3. The zero-order valence-electron chi connectivity index (χ0n) is 13.4. The molecule has 0 radical (unpaired) electrons. The SMILES string of the molecule is N#Cc1ccc(OCC(=O)N[C@H](c2ccccc2)c2ccco2)cc1. The van der Waals surface area contributed by atoms with Gasteiger partial charge in [0.1, 0.15) is 17.6 Å². The number of amides is 1. The second-order valence-electron chi connectivity index (χ2n) is 5.35. The third-order valence-electron chi connectivity index (χ3n) is 3.62. The van der Waals surface area contributed by atoms with E-state index < -0.39 is 0 Å². The fourth-order valence-electron chi connectivity index (χ4n) is 2.40. The molecule has 2 aromatic carbocycles. The van der Waals surface area contributed by atoms with Crippen LogP contribution in [0.5, 0.6) is 5.75 Å². The second-order valence-corrected chi connectivity index (χ2v) is 5.35. The molecule has 0 unspecified atom stereocenters. The Labute approximate surface area is 145 Å². The Hall–Kier alpha value is -3.52. The van der Waals surface area contributed by atoms with Gasteiger partial charge in [-0.05, 0) is 42.0 Å². The van der Waals surface area contributed by atoms with Gasteiger partial charge >= 0.3 is 0 Å². The van der Waals surface area contributed by atoms with Gasteiger partial charge in [0.05, 0.1) is 17.9 Å². The Kier molecular flexibility index (Phi) is 5.13. The molecule has 0 fully saturated rings. The summed E-state index contributed by atoms with van der Waals surface area (Å²) in [6, 6.07) is 21.4. The highest BCUT2D eigenvalue weighted by Gasteiger charge is 2.19. The van der Waals surface area contributed by atoms with Gasteiger partial charge in [-0.25, -0.2) is 0 Å². The number of benzene rings is 2. The maximum atomic E-state index is 12.3. The summed E-state index contributed by atoms with van der Waals surface area (Å²) >= 11 is 0. The molecule has 0 aliphatic rings. The van der Waals surface area contributed by atoms with Crippen molar-refractivity contribution < 1.29 is 13.9 Å². The van der Waals surface area contributed by atoms with Crippen LogP contribution in [0.4, 0.5) is 0 Å². The molecule has 0 aliphatic heterocycles. The molecule has 25 heavy (non-hydrogen) atoms. The van der Waals surface area contributed by atoms with Crippen LogP contribution >= 0.6 is 0 Å². The molecule has 0 bridgehead atoms. The number of carbonyl (C=O) groups excluding carboxylic acids is 1. The first-order chi connectivity index (χ1) is 12.3. The lowest BCUT2D eigenvalue weighted by Crippen LogP contribution is -2.33. The van der Waals surface area contributed by atoms with Crippen LogP contribution in [0, 0.1) is 11.3 Å². The standard InChI is InChI=1S/C20H16N2O3/c21-13-15-8-10-17(11-9-15)25-14-19(23)22-20(18-7-4-12-24-18)16-5-2-1-3-6-16/h1-12,20H,14H2,(H,22,23)/t20-/m1/s1. The highest BCUT2D eigenvalue weighted by Crippen LogP contribution is 2.22. The van der Waals surface area contributed by atoms with Crippen molar-refractivity contribution in [2.75, 3.05) is 6.61 Å². The van der Waals surface area contributed by atoms with E-state index in [-0.39, 0.29) is 18.6 Å². The monoisotopic (exact) mass is 332 g/mol. The largest absolute Gasteiger partial charge is 0.484 e. The number of nitrogens with one attached hydrogen (secondary N) is 1. The van der Waals surface area contributed by atoms with Crippen molar-refractivity contribution in [1.82, 2.24) is 5.32 Å². The van der Waals surface area contributed by atoms with E-state index in [4.69, 9.17) is 14.4 Å². The number of nitriles is 1. The van der Waals surface area contributed by atoms with Gasteiger partial charge in [-0.2, -0.15) is 5.26 Å². The summed E-state index contributed by atoms with van der Waals surface area (Å²) in [4.78, 5) is 12.3. The van der Waals surface area contributed by atoms with Gasteiger partial charge < -0.3 is 14.5 Å². The maximum Gasteiger partial charge on any atom is 0.258 e. The van der Waals surface area contributed by atoms with Crippen molar-refractivity contribution in [3.8, 4) is 11.8 Å². The molecule has 1 N–H and O–H groups in total. The van der Waals surface area contributed by atoms with Crippen molar-refractivity contribution in [2.45, 2.75) is 6.04 Å². The Morgan fingerprint density at radius 1 is 1.08 bits per heavy atom. The molecule has 0 saturated carbocycles. The number of furan rings is 1. The molecule has 0 aliphatic carbocycles.